The first-order valence-electron chi connectivity index (χ1n) is 9.50. The fraction of sp³-hybridized carbons (Fsp3) is 0.292. The molecule has 2 rings (SSSR count). The van der Waals surface area contributed by atoms with Gasteiger partial charge in [-0.3, -0.25) is 0 Å². The van der Waals surface area contributed by atoms with Crippen LogP contribution >= 0.6 is 0 Å². The summed E-state index contributed by atoms with van der Waals surface area (Å²) < 4.78 is 20.6. The summed E-state index contributed by atoms with van der Waals surface area (Å²) in [5.74, 6) is -0.339. The van der Waals surface area contributed by atoms with Gasteiger partial charge in [-0.2, -0.15) is 5.26 Å². The summed E-state index contributed by atoms with van der Waals surface area (Å²) in [4.78, 5) is 23.7. The van der Waals surface area contributed by atoms with Gasteiger partial charge >= 0.3 is 11.9 Å². The molecule has 7 nitrogen and oxygen atoms in total. The van der Waals surface area contributed by atoms with Crippen LogP contribution in [0.25, 0.3) is 6.08 Å². The van der Waals surface area contributed by atoms with Crippen LogP contribution in [-0.2, 0) is 19.7 Å². The van der Waals surface area contributed by atoms with Crippen LogP contribution in [0.3, 0.4) is 0 Å². The molecule has 0 radical (unpaired) electrons. The lowest BCUT2D eigenvalue weighted by atomic mass is 9.87. The summed E-state index contributed by atoms with van der Waals surface area (Å²) in [5.41, 5.74) is 1.53. The van der Waals surface area contributed by atoms with E-state index in [1.54, 1.807) is 12.1 Å². The predicted octanol–water partition coefficient (Wildman–Crippen LogP) is 4.06. The topological polar surface area (TPSA) is 94.9 Å². The molecule has 0 amide bonds. The molecule has 7 heteroatoms. The van der Waals surface area contributed by atoms with Gasteiger partial charge in [0.1, 0.15) is 17.4 Å². The zero-order valence-corrected chi connectivity index (χ0v) is 18.2. The van der Waals surface area contributed by atoms with E-state index >= 15 is 0 Å². The van der Waals surface area contributed by atoms with E-state index in [9.17, 15) is 9.59 Å². The second-order valence-electron chi connectivity index (χ2n) is 7.61. The number of hydrogen-bond donors (Lipinski definition) is 0. The van der Waals surface area contributed by atoms with Crippen molar-refractivity contribution in [3.8, 4) is 23.3 Å². The maximum Gasteiger partial charge on any atom is 0.349 e. The molecule has 0 aliphatic rings. The van der Waals surface area contributed by atoms with Crippen molar-refractivity contribution in [3.63, 3.8) is 0 Å². The number of nitrogens with zero attached hydrogens (tertiary/aromatic N) is 1. The van der Waals surface area contributed by atoms with Gasteiger partial charge in [0.05, 0.1) is 14.2 Å². The molecular weight excluding hydrogens is 398 g/mol. The van der Waals surface area contributed by atoms with Crippen LogP contribution in [0.2, 0.25) is 0 Å². The van der Waals surface area contributed by atoms with Gasteiger partial charge in [-0.05, 0) is 46.9 Å². The summed E-state index contributed by atoms with van der Waals surface area (Å²) in [7, 11) is 2.61. The van der Waals surface area contributed by atoms with E-state index in [0.717, 1.165) is 5.56 Å². The lowest BCUT2D eigenvalue weighted by molar-refractivity contribution is -0.137. The van der Waals surface area contributed by atoms with E-state index in [1.807, 2.05) is 24.3 Å². The van der Waals surface area contributed by atoms with Crippen LogP contribution in [0.5, 0.6) is 17.2 Å². The Morgan fingerprint density at radius 3 is 2.26 bits per heavy atom. The zero-order chi connectivity index (χ0) is 23.0. The van der Waals surface area contributed by atoms with Crippen molar-refractivity contribution in [3.05, 3.63) is 59.2 Å². The molecule has 0 atom stereocenters. The molecule has 162 valence electrons. The number of carbonyl (C=O) groups is 2. The van der Waals surface area contributed by atoms with Crippen LogP contribution in [0.4, 0.5) is 0 Å². The molecule has 0 aromatic heterocycles. The molecule has 0 aliphatic heterocycles. The molecule has 0 bridgehead atoms. The molecule has 0 unspecified atom stereocenters. The SMILES string of the molecule is COC(=O)/C(C#N)=C/c1ccc(OC(=O)COc2ccc(C(C)(C)C)cc2)c(OC)c1. The van der Waals surface area contributed by atoms with Crippen molar-refractivity contribution in [1.29, 1.82) is 5.26 Å². The van der Waals surface area contributed by atoms with Gasteiger partial charge < -0.3 is 18.9 Å². The molecule has 0 fully saturated rings. The second-order valence-corrected chi connectivity index (χ2v) is 7.61. The Labute approximate surface area is 181 Å². The quantitative estimate of drug-likeness (QED) is 0.287. The number of carbonyl (C=O) groups excluding carboxylic acids is 2. The maximum atomic E-state index is 12.2. The van der Waals surface area contributed by atoms with Gasteiger partial charge in [0.2, 0.25) is 0 Å². The summed E-state index contributed by atoms with van der Waals surface area (Å²) in [6.07, 6.45) is 1.35. The van der Waals surface area contributed by atoms with Gasteiger partial charge in [-0.25, -0.2) is 9.59 Å². The number of methoxy groups -OCH3 is 2. The average molecular weight is 423 g/mol. The monoisotopic (exact) mass is 423 g/mol. The number of rotatable bonds is 7. The first-order valence-corrected chi connectivity index (χ1v) is 9.50. The number of benzene rings is 2. The second kappa shape index (κ2) is 10.3. The number of nitriles is 1. The highest BCUT2D eigenvalue weighted by Crippen LogP contribution is 2.29. The van der Waals surface area contributed by atoms with E-state index in [4.69, 9.17) is 19.5 Å². The van der Waals surface area contributed by atoms with Crippen molar-refractivity contribution < 1.29 is 28.5 Å². The fourth-order valence-corrected chi connectivity index (χ4v) is 2.62. The number of esters is 2. The normalized spacial score (nSPS) is 11.3. The van der Waals surface area contributed by atoms with Gasteiger partial charge in [0, 0.05) is 0 Å². The standard InChI is InChI=1S/C24H25NO6/c1-24(2,3)18-7-9-19(10-8-18)30-15-22(26)31-20-11-6-16(13-21(20)28-4)12-17(14-25)23(27)29-5/h6-13H,15H2,1-5H3/b17-12+. The van der Waals surface area contributed by atoms with E-state index in [2.05, 4.69) is 25.5 Å². The van der Waals surface area contributed by atoms with E-state index in [0.29, 0.717) is 11.3 Å². The third-order valence-corrected chi connectivity index (χ3v) is 4.33. The van der Waals surface area contributed by atoms with Crippen molar-refractivity contribution in [2.24, 2.45) is 0 Å². The lowest BCUT2D eigenvalue weighted by Gasteiger charge is -2.19. The Bertz CT molecular complexity index is 1010. The largest absolute Gasteiger partial charge is 0.493 e. The van der Waals surface area contributed by atoms with Crippen LogP contribution in [-0.4, -0.2) is 32.8 Å². The third-order valence-electron chi connectivity index (χ3n) is 4.33. The lowest BCUT2D eigenvalue weighted by Crippen LogP contribution is -2.18. The van der Waals surface area contributed by atoms with Gasteiger partial charge in [0.25, 0.3) is 0 Å². The highest BCUT2D eigenvalue weighted by atomic mass is 16.6. The van der Waals surface area contributed by atoms with Crippen molar-refractivity contribution in [2.45, 2.75) is 26.2 Å². The molecule has 0 heterocycles. The molecule has 2 aromatic rings. The van der Waals surface area contributed by atoms with Gasteiger partial charge in [-0.1, -0.05) is 39.0 Å². The molecule has 0 aliphatic carbocycles. The summed E-state index contributed by atoms with van der Waals surface area (Å²) in [6.45, 7) is 6.07. The first-order chi connectivity index (χ1) is 14.7. The summed E-state index contributed by atoms with van der Waals surface area (Å²) >= 11 is 0. The summed E-state index contributed by atoms with van der Waals surface area (Å²) in [5, 5.41) is 9.06. The minimum atomic E-state index is -0.746. The van der Waals surface area contributed by atoms with Crippen LogP contribution in [0.1, 0.15) is 31.9 Å². The molecule has 0 spiro atoms. The Hall–Kier alpha value is -3.79. The van der Waals surface area contributed by atoms with Crippen LogP contribution in [0.15, 0.2) is 48.0 Å². The van der Waals surface area contributed by atoms with Crippen molar-refractivity contribution in [2.75, 3.05) is 20.8 Å². The van der Waals surface area contributed by atoms with E-state index in [1.165, 1.54) is 32.4 Å². The minimum absolute atomic E-state index is 0.0280. The van der Waals surface area contributed by atoms with Crippen LogP contribution < -0.4 is 14.2 Å². The first kappa shape index (κ1) is 23.5. The molecular formula is C24H25NO6. The Kier molecular flexibility index (Phi) is 7.81. The molecule has 31 heavy (non-hydrogen) atoms. The highest BCUT2D eigenvalue weighted by Gasteiger charge is 2.15. The smallest absolute Gasteiger partial charge is 0.349 e. The molecule has 0 saturated carbocycles. The van der Waals surface area contributed by atoms with Gasteiger partial charge in [0.15, 0.2) is 18.1 Å². The number of hydrogen-bond acceptors (Lipinski definition) is 7. The Morgan fingerprint density at radius 1 is 1.03 bits per heavy atom. The third kappa shape index (κ3) is 6.61. The molecule has 2 aromatic carbocycles. The minimum Gasteiger partial charge on any atom is -0.493 e. The zero-order valence-electron chi connectivity index (χ0n) is 18.2. The highest BCUT2D eigenvalue weighted by molar-refractivity contribution is 5.97. The van der Waals surface area contributed by atoms with Crippen molar-refractivity contribution in [1.82, 2.24) is 0 Å². The fourth-order valence-electron chi connectivity index (χ4n) is 2.62. The number of ether oxygens (including phenoxy) is 4. The Morgan fingerprint density at radius 2 is 1.71 bits per heavy atom. The Balaban J connectivity index is 2.05. The maximum absolute atomic E-state index is 12.2. The molecule has 0 saturated heterocycles. The van der Waals surface area contributed by atoms with E-state index < -0.39 is 11.9 Å². The van der Waals surface area contributed by atoms with Crippen LogP contribution in [0, 0.1) is 11.3 Å². The molecule has 0 N–H and O–H groups in total. The summed E-state index contributed by atoms with van der Waals surface area (Å²) in [6, 6.07) is 13.9. The predicted molar refractivity (Wildman–Crippen MR) is 115 cm³/mol. The van der Waals surface area contributed by atoms with Crippen molar-refractivity contribution >= 4 is 18.0 Å². The van der Waals surface area contributed by atoms with E-state index in [-0.39, 0.29) is 29.1 Å². The van der Waals surface area contributed by atoms with Gasteiger partial charge in [-0.15, -0.1) is 0 Å². The average Bonchev–Trinajstić information content (AvgIpc) is 2.76.